The highest BCUT2D eigenvalue weighted by Crippen LogP contribution is 2.31. The maximum absolute atomic E-state index is 13.7. The quantitative estimate of drug-likeness (QED) is 0.818. The van der Waals surface area contributed by atoms with Crippen molar-refractivity contribution >= 4 is 11.6 Å². The number of piperidine rings is 1. The van der Waals surface area contributed by atoms with Crippen molar-refractivity contribution in [3.05, 3.63) is 34.6 Å². The molecule has 0 aromatic heterocycles. The lowest BCUT2D eigenvalue weighted by atomic mass is 9.82. The third-order valence-electron chi connectivity index (χ3n) is 3.67. The second-order valence-corrected chi connectivity index (χ2v) is 5.56. The molecule has 1 fully saturated rings. The van der Waals surface area contributed by atoms with Crippen molar-refractivity contribution in [2.24, 2.45) is 5.41 Å². The second kappa shape index (κ2) is 5.26. The molecule has 18 heavy (non-hydrogen) atoms. The Morgan fingerprint density at radius 3 is 2.67 bits per heavy atom. The van der Waals surface area contributed by atoms with Crippen molar-refractivity contribution in [1.82, 2.24) is 4.90 Å². The Labute approximate surface area is 112 Å². The zero-order chi connectivity index (χ0) is 13.2. The van der Waals surface area contributed by atoms with E-state index in [0.717, 1.165) is 25.9 Å². The van der Waals surface area contributed by atoms with Crippen molar-refractivity contribution < 1.29 is 4.39 Å². The first kappa shape index (κ1) is 13.3. The Bertz CT molecular complexity index is 453. The van der Waals surface area contributed by atoms with Crippen LogP contribution in [-0.2, 0) is 6.54 Å². The number of benzene rings is 1. The van der Waals surface area contributed by atoms with Crippen molar-refractivity contribution in [2.45, 2.75) is 26.3 Å². The van der Waals surface area contributed by atoms with Crippen LogP contribution in [-0.4, -0.2) is 18.0 Å². The van der Waals surface area contributed by atoms with Crippen LogP contribution in [0.5, 0.6) is 0 Å². The van der Waals surface area contributed by atoms with Gasteiger partial charge in [-0.25, -0.2) is 4.39 Å². The van der Waals surface area contributed by atoms with Crippen LogP contribution in [0.25, 0.3) is 0 Å². The van der Waals surface area contributed by atoms with Crippen LogP contribution >= 0.6 is 11.6 Å². The molecule has 0 unspecified atom stereocenters. The SMILES string of the molecule is CC1(C#N)CCN(Cc2c(F)cccc2Cl)CC1. The van der Waals surface area contributed by atoms with Crippen molar-refractivity contribution in [3.63, 3.8) is 0 Å². The molecule has 4 heteroatoms. The van der Waals surface area contributed by atoms with Gasteiger partial charge in [0.2, 0.25) is 0 Å². The fourth-order valence-electron chi connectivity index (χ4n) is 2.22. The Morgan fingerprint density at radius 1 is 1.44 bits per heavy atom. The zero-order valence-electron chi connectivity index (χ0n) is 10.4. The van der Waals surface area contributed by atoms with Gasteiger partial charge in [0.25, 0.3) is 0 Å². The maximum atomic E-state index is 13.7. The normalized spacial score (nSPS) is 19.4. The summed E-state index contributed by atoms with van der Waals surface area (Å²) in [5.41, 5.74) is 0.329. The highest BCUT2D eigenvalue weighted by atomic mass is 35.5. The van der Waals surface area contributed by atoms with E-state index in [-0.39, 0.29) is 11.2 Å². The molecule has 1 aliphatic heterocycles. The summed E-state index contributed by atoms with van der Waals surface area (Å²) in [6.07, 6.45) is 1.66. The fraction of sp³-hybridized carbons (Fsp3) is 0.500. The summed E-state index contributed by atoms with van der Waals surface area (Å²) in [5.74, 6) is -0.254. The first-order chi connectivity index (χ1) is 8.54. The van der Waals surface area contributed by atoms with Gasteiger partial charge >= 0.3 is 0 Å². The smallest absolute Gasteiger partial charge is 0.129 e. The molecule has 1 saturated heterocycles. The number of hydrogen-bond acceptors (Lipinski definition) is 2. The number of likely N-dealkylation sites (tertiary alicyclic amines) is 1. The first-order valence-electron chi connectivity index (χ1n) is 6.10. The Morgan fingerprint density at radius 2 is 2.11 bits per heavy atom. The largest absolute Gasteiger partial charge is 0.299 e. The molecular weight excluding hydrogens is 251 g/mol. The number of nitrogens with zero attached hydrogens (tertiary/aromatic N) is 2. The van der Waals surface area contributed by atoms with E-state index in [2.05, 4.69) is 11.0 Å². The van der Waals surface area contributed by atoms with E-state index in [1.807, 2.05) is 6.92 Å². The van der Waals surface area contributed by atoms with Gasteiger partial charge in [-0.1, -0.05) is 17.7 Å². The van der Waals surface area contributed by atoms with Crippen molar-refractivity contribution in [1.29, 1.82) is 5.26 Å². The van der Waals surface area contributed by atoms with Gasteiger partial charge in [0, 0.05) is 17.1 Å². The summed E-state index contributed by atoms with van der Waals surface area (Å²) in [6, 6.07) is 7.12. The van der Waals surface area contributed by atoms with Gasteiger partial charge in [-0.05, 0) is 45.0 Å². The van der Waals surface area contributed by atoms with Crippen LogP contribution in [0.4, 0.5) is 4.39 Å². The lowest BCUT2D eigenvalue weighted by Gasteiger charge is -2.35. The van der Waals surface area contributed by atoms with Crippen LogP contribution in [0, 0.1) is 22.6 Å². The van der Waals surface area contributed by atoms with Gasteiger partial charge < -0.3 is 0 Å². The minimum Gasteiger partial charge on any atom is -0.299 e. The van der Waals surface area contributed by atoms with E-state index < -0.39 is 0 Å². The standard InChI is InChI=1S/C14H16ClFN2/c1-14(10-17)5-7-18(8-6-14)9-11-12(15)3-2-4-13(11)16/h2-4H,5-9H2,1H3. The summed E-state index contributed by atoms with van der Waals surface area (Å²) in [5, 5.41) is 9.54. The number of nitriles is 1. The molecule has 2 nitrogen and oxygen atoms in total. The van der Waals surface area contributed by atoms with Gasteiger partial charge in [-0.2, -0.15) is 5.26 Å². The third-order valence-corrected chi connectivity index (χ3v) is 4.03. The van der Waals surface area contributed by atoms with Crippen molar-refractivity contribution in [3.8, 4) is 6.07 Å². The van der Waals surface area contributed by atoms with E-state index in [1.54, 1.807) is 12.1 Å². The van der Waals surface area contributed by atoms with E-state index in [4.69, 9.17) is 16.9 Å². The monoisotopic (exact) mass is 266 g/mol. The zero-order valence-corrected chi connectivity index (χ0v) is 11.2. The molecule has 0 radical (unpaired) electrons. The van der Waals surface area contributed by atoms with Crippen LogP contribution in [0.15, 0.2) is 18.2 Å². The predicted molar refractivity (Wildman–Crippen MR) is 69.6 cm³/mol. The van der Waals surface area contributed by atoms with Gasteiger partial charge in [0.15, 0.2) is 0 Å². The molecule has 96 valence electrons. The minimum absolute atomic E-state index is 0.227. The molecule has 1 aromatic carbocycles. The van der Waals surface area contributed by atoms with Gasteiger partial charge in [0.1, 0.15) is 5.82 Å². The molecule has 0 N–H and O–H groups in total. The average molecular weight is 267 g/mol. The van der Waals surface area contributed by atoms with E-state index in [1.165, 1.54) is 6.07 Å². The Hall–Kier alpha value is -1.11. The van der Waals surface area contributed by atoms with Crippen LogP contribution in [0.3, 0.4) is 0 Å². The highest BCUT2D eigenvalue weighted by molar-refractivity contribution is 6.31. The molecule has 1 aliphatic rings. The molecule has 1 aromatic rings. The topological polar surface area (TPSA) is 27.0 Å². The molecular formula is C14H16ClFN2. The fourth-order valence-corrected chi connectivity index (χ4v) is 2.45. The summed E-state index contributed by atoms with van der Waals surface area (Å²) >= 11 is 6.01. The van der Waals surface area contributed by atoms with Gasteiger partial charge in [-0.3, -0.25) is 4.90 Å². The Balaban J connectivity index is 2.03. The molecule has 0 amide bonds. The predicted octanol–water partition coefficient (Wildman–Crippen LogP) is 3.60. The van der Waals surface area contributed by atoms with Gasteiger partial charge in [-0.15, -0.1) is 0 Å². The van der Waals surface area contributed by atoms with E-state index >= 15 is 0 Å². The summed E-state index contributed by atoms with van der Waals surface area (Å²) < 4.78 is 13.7. The summed E-state index contributed by atoms with van der Waals surface area (Å²) in [6.45, 7) is 4.14. The highest BCUT2D eigenvalue weighted by Gasteiger charge is 2.30. The molecule has 0 atom stereocenters. The van der Waals surface area contributed by atoms with Crippen LogP contribution in [0.1, 0.15) is 25.3 Å². The van der Waals surface area contributed by atoms with Gasteiger partial charge in [0.05, 0.1) is 11.5 Å². The lowest BCUT2D eigenvalue weighted by molar-refractivity contribution is 0.149. The van der Waals surface area contributed by atoms with Crippen LogP contribution < -0.4 is 0 Å². The number of rotatable bonds is 2. The lowest BCUT2D eigenvalue weighted by Crippen LogP contribution is -2.37. The summed E-state index contributed by atoms with van der Waals surface area (Å²) in [4.78, 5) is 2.16. The van der Waals surface area contributed by atoms with Crippen LogP contribution in [0.2, 0.25) is 5.02 Å². The van der Waals surface area contributed by atoms with E-state index in [0.29, 0.717) is 17.1 Å². The Kier molecular flexibility index (Phi) is 3.89. The first-order valence-corrected chi connectivity index (χ1v) is 6.48. The molecule has 0 aliphatic carbocycles. The molecule has 2 rings (SSSR count). The molecule has 0 spiro atoms. The third kappa shape index (κ3) is 2.82. The minimum atomic E-state index is -0.254. The molecule has 0 bridgehead atoms. The average Bonchev–Trinajstić information content (AvgIpc) is 2.36. The maximum Gasteiger partial charge on any atom is 0.129 e. The molecule has 0 saturated carbocycles. The van der Waals surface area contributed by atoms with Crippen molar-refractivity contribution in [2.75, 3.05) is 13.1 Å². The second-order valence-electron chi connectivity index (χ2n) is 5.15. The summed E-state index contributed by atoms with van der Waals surface area (Å²) in [7, 11) is 0. The number of hydrogen-bond donors (Lipinski definition) is 0. The molecule has 1 heterocycles. The number of halogens is 2. The van der Waals surface area contributed by atoms with E-state index in [9.17, 15) is 4.39 Å².